The van der Waals surface area contributed by atoms with Gasteiger partial charge in [-0.25, -0.2) is 9.69 Å². The number of carbonyl (C=O) groups excluding carboxylic acids is 3. The molecule has 1 N–H and O–H groups in total. The zero-order valence-corrected chi connectivity index (χ0v) is 22.9. The second-order valence-corrected chi connectivity index (χ2v) is 11.8. The first kappa shape index (κ1) is 26.2. The molecule has 3 aliphatic rings. The number of fused-ring (bicyclic) bond motifs is 4. The van der Waals surface area contributed by atoms with Crippen LogP contribution in [0.15, 0.2) is 77.6 Å². The summed E-state index contributed by atoms with van der Waals surface area (Å²) in [6.07, 6.45) is 1.15. The Morgan fingerprint density at radius 2 is 1.62 bits per heavy atom. The number of rotatable bonds is 6. The van der Waals surface area contributed by atoms with Crippen molar-refractivity contribution in [1.82, 2.24) is 14.8 Å². The molecule has 4 amide bonds. The van der Waals surface area contributed by atoms with Gasteiger partial charge >= 0.3 is 6.03 Å². The number of nitrogens with zero attached hydrogens (tertiary/aromatic N) is 3. The van der Waals surface area contributed by atoms with Gasteiger partial charge in [-0.05, 0) is 54.0 Å². The number of pyridine rings is 1. The zero-order valence-electron chi connectivity index (χ0n) is 22.9. The van der Waals surface area contributed by atoms with E-state index in [4.69, 9.17) is 0 Å². The van der Waals surface area contributed by atoms with Crippen molar-refractivity contribution in [3.8, 4) is 0 Å². The molecule has 4 heterocycles. The van der Waals surface area contributed by atoms with Crippen molar-refractivity contribution in [1.29, 1.82) is 0 Å². The average Bonchev–Trinajstić information content (AvgIpc) is 2.93. The predicted molar refractivity (Wildman–Crippen MR) is 152 cm³/mol. The lowest BCUT2D eigenvalue weighted by Crippen LogP contribution is -2.68. The topological polar surface area (TPSA) is 91.7 Å². The highest BCUT2D eigenvalue weighted by Gasteiger charge is 2.55. The molecule has 0 saturated carbocycles. The minimum absolute atomic E-state index is 0.0146. The molecule has 2 saturated heterocycles. The van der Waals surface area contributed by atoms with E-state index in [1.54, 1.807) is 36.4 Å². The molecule has 3 aromatic rings. The Labute approximate surface area is 233 Å². The molecule has 3 atom stereocenters. The Balaban J connectivity index is 1.37. The lowest BCUT2D eigenvalue weighted by molar-refractivity contribution is -0.144. The van der Waals surface area contributed by atoms with Crippen LogP contribution in [0.3, 0.4) is 0 Å². The number of urea groups is 1. The Kier molecular flexibility index (Phi) is 6.66. The van der Waals surface area contributed by atoms with Gasteiger partial charge in [0.25, 0.3) is 11.5 Å². The zero-order chi connectivity index (χ0) is 28.0. The molecule has 6 rings (SSSR count). The third-order valence-corrected chi connectivity index (χ3v) is 8.69. The number of likely N-dealkylation sites (tertiary alicyclic amines) is 1. The second-order valence-electron chi connectivity index (χ2n) is 11.8. The summed E-state index contributed by atoms with van der Waals surface area (Å²) in [6, 6.07) is 21.5. The number of hydrogen-bond donors (Lipinski definition) is 1. The molecule has 1 aromatic heterocycles. The fourth-order valence-corrected chi connectivity index (χ4v) is 6.71. The number of barbiturate groups is 1. The van der Waals surface area contributed by atoms with Crippen molar-refractivity contribution in [2.24, 2.45) is 11.3 Å². The van der Waals surface area contributed by atoms with E-state index >= 15 is 0 Å². The van der Waals surface area contributed by atoms with Crippen molar-refractivity contribution >= 4 is 23.5 Å². The predicted octanol–water partition coefficient (Wildman–Crippen LogP) is 3.90. The van der Waals surface area contributed by atoms with Crippen molar-refractivity contribution in [2.45, 2.75) is 45.1 Å². The number of nitrogens with one attached hydrogen (secondary N) is 1. The average molecular weight is 539 g/mol. The lowest BCUT2D eigenvalue weighted by Gasteiger charge is -2.47. The summed E-state index contributed by atoms with van der Waals surface area (Å²) in [6.45, 7) is 6.36. The number of anilines is 1. The number of aromatic nitrogens is 1. The highest BCUT2D eigenvalue weighted by Crippen LogP contribution is 2.39. The smallest absolute Gasteiger partial charge is 0.312 e. The number of hydrogen-bond acceptors (Lipinski definition) is 5. The fourth-order valence-electron chi connectivity index (χ4n) is 6.71. The Morgan fingerprint density at radius 1 is 0.875 bits per heavy atom. The molecule has 0 radical (unpaired) electrons. The van der Waals surface area contributed by atoms with Crippen LogP contribution in [0.4, 0.5) is 10.5 Å². The van der Waals surface area contributed by atoms with Crippen molar-refractivity contribution in [3.63, 3.8) is 0 Å². The molecular weight excluding hydrogens is 504 g/mol. The van der Waals surface area contributed by atoms with E-state index in [9.17, 15) is 19.2 Å². The first-order valence-corrected chi connectivity index (χ1v) is 14.0. The quantitative estimate of drug-likeness (QED) is 0.481. The molecular formula is C32H34N4O4. The van der Waals surface area contributed by atoms with Gasteiger partial charge in [0, 0.05) is 43.9 Å². The van der Waals surface area contributed by atoms with Crippen molar-refractivity contribution < 1.29 is 14.4 Å². The van der Waals surface area contributed by atoms with E-state index in [1.807, 2.05) is 41.0 Å². The third-order valence-electron chi connectivity index (χ3n) is 8.69. The van der Waals surface area contributed by atoms with E-state index in [1.165, 1.54) is 5.56 Å². The van der Waals surface area contributed by atoms with E-state index in [2.05, 4.69) is 24.1 Å². The van der Waals surface area contributed by atoms with Crippen LogP contribution in [0, 0.1) is 11.3 Å². The molecule has 206 valence electrons. The van der Waals surface area contributed by atoms with Gasteiger partial charge in [-0.3, -0.25) is 19.7 Å². The van der Waals surface area contributed by atoms with Gasteiger partial charge in [0.05, 0.1) is 5.69 Å². The molecule has 0 spiro atoms. The first-order valence-electron chi connectivity index (χ1n) is 14.0. The Bertz CT molecular complexity index is 1510. The number of benzene rings is 2. The highest BCUT2D eigenvalue weighted by atomic mass is 16.2. The first-order chi connectivity index (χ1) is 19.2. The molecule has 0 aliphatic carbocycles. The van der Waals surface area contributed by atoms with Crippen LogP contribution in [0.25, 0.3) is 0 Å². The highest BCUT2D eigenvalue weighted by molar-refractivity contribution is 6.30. The third kappa shape index (κ3) is 4.56. The minimum atomic E-state index is -1.49. The normalized spacial score (nSPS) is 24.7. The van der Waals surface area contributed by atoms with Gasteiger partial charge in [-0.2, -0.15) is 0 Å². The van der Waals surface area contributed by atoms with Crippen LogP contribution in [-0.2, 0) is 22.6 Å². The number of amides is 4. The maximum absolute atomic E-state index is 14.4. The van der Waals surface area contributed by atoms with Gasteiger partial charge < -0.3 is 9.47 Å². The summed E-state index contributed by atoms with van der Waals surface area (Å²) in [7, 11) is 0. The maximum atomic E-state index is 14.4. The van der Waals surface area contributed by atoms with Crippen LogP contribution in [0.5, 0.6) is 0 Å². The molecule has 1 unspecified atom stereocenters. The SMILES string of the molecule is CC(C)c1ccc(CC2(CN3C[C@H]4C[C@H](C3)c3cccc(=O)n3C4)C(=O)NC(=O)N(c3ccccc3)C2=O)cc1. The second kappa shape index (κ2) is 10.2. The number of para-hydroxylation sites is 1. The maximum Gasteiger partial charge on any atom is 0.335 e. The summed E-state index contributed by atoms with van der Waals surface area (Å²) < 4.78 is 1.87. The Hall–Kier alpha value is -4.04. The van der Waals surface area contributed by atoms with Gasteiger partial charge in [0.2, 0.25) is 5.91 Å². The molecule has 2 bridgehead atoms. The van der Waals surface area contributed by atoms with Gasteiger partial charge in [0.1, 0.15) is 5.41 Å². The van der Waals surface area contributed by atoms with E-state index < -0.39 is 23.3 Å². The van der Waals surface area contributed by atoms with Gasteiger partial charge in [-0.1, -0.05) is 62.4 Å². The number of piperidine rings is 1. The Morgan fingerprint density at radius 3 is 2.35 bits per heavy atom. The fraction of sp³-hybridized carbons (Fsp3) is 0.375. The van der Waals surface area contributed by atoms with Crippen LogP contribution in [0.1, 0.15) is 48.9 Å². The molecule has 8 nitrogen and oxygen atoms in total. The summed E-state index contributed by atoms with van der Waals surface area (Å²) in [5.74, 6) is -0.334. The summed E-state index contributed by atoms with van der Waals surface area (Å²) in [5, 5.41) is 2.52. The van der Waals surface area contributed by atoms with Crippen LogP contribution >= 0.6 is 0 Å². The van der Waals surface area contributed by atoms with E-state index in [-0.39, 0.29) is 30.4 Å². The monoisotopic (exact) mass is 538 g/mol. The van der Waals surface area contributed by atoms with Crippen molar-refractivity contribution in [2.75, 3.05) is 24.5 Å². The van der Waals surface area contributed by atoms with Gasteiger partial charge in [-0.15, -0.1) is 0 Å². The summed E-state index contributed by atoms with van der Waals surface area (Å²) in [4.78, 5) is 57.0. The van der Waals surface area contributed by atoms with Crippen LogP contribution in [0.2, 0.25) is 0 Å². The number of carbonyl (C=O) groups is 3. The summed E-state index contributed by atoms with van der Waals surface area (Å²) >= 11 is 0. The minimum Gasteiger partial charge on any atom is -0.312 e. The molecule has 2 fully saturated rings. The van der Waals surface area contributed by atoms with E-state index in [0.717, 1.165) is 22.6 Å². The van der Waals surface area contributed by atoms with Crippen LogP contribution in [-0.4, -0.2) is 46.9 Å². The lowest BCUT2D eigenvalue weighted by atomic mass is 9.75. The van der Waals surface area contributed by atoms with E-state index in [0.29, 0.717) is 31.2 Å². The van der Waals surface area contributed by atoms with Crippen molar-refractivity contribution in [3.05, 3.63) is 100.0 Å². The summed E-state index contributed by atoms with van der Waals surface area (Å²) in [5.41, 5.74) is 2.00. The molecule has 8 heteroatoms. The molecule has 40 heavy (non-hydrogen) atoms. The largest absolute Gasteiger partial charge is 0.335 e. The number of imide groups is 2. The van der Waals surface area contributed by atoms with Crippen LogP contribution < -0.4 is 15.8 Å². The molecule has 3 aliphatic heterocycles. The standard InChI is InChI=1S/C32H34N4O4/c1-21(2)24-13-11-22(12-14-24)16-32(29(38)33-31(40)36(30(32)39)26-7-4-3-5-8-26)20-34-17-23-15-25(19-34)27-9-6-10-28(37)35(27)18-23/h3-14,21,23,25H,15-20H2,1-2H3,(H,33,38,40)/t23-,25-,32?/m1/s1. The molecule has 2 aromatic carbocycles. The van der Waals surface area contributed by atoms with Gasteiger partial charge in [0.15, 0.2) is 0 Å².